The molecular weight excluding hydrogens is 350 g/mol. The summed E-state index contributed by atoms with van der Waals surface area (Å²) in [4.78, 5) is 4.35. The van der Waals surface area contributed by atoms with Gasteiger partial charge in [-0.1, -0.05) is 45.0 Å². The zero-order valence-corrected chi connectivity index (χ0v) is 18.4. The molecule has 1 aliphatic heterocycles. The van der Waals surface area contributed by atoms with Gasteiger partial charge in [0.25, 0.3) is 0 Å². The van der Waals surface area contributed by atoms with Crippen molar-refractivity contribution in [3.05, 3.63) is 35.4 Å². The summed E-state index contributed by atoms with van der Waals surface area (Å²) in [7, 11) is 1.82. The third kappa shape index (κ3) is 9.07. The molecule has 1 fully saturated rings. The lowest BCUT2D eigenvalue weighted by Gasteiger charge is -2.23. The molecule has 0 amide bonds. The zero-order chi connectivity index (χ0) is 20.4. The predicted octanol–water partition coefficient (Wildman–Crippen LogP) is 4.26. The van der Waals surface area contributed by atoms with Gasteiger partial charge in [-0.15, -0.1) is 0 Å². The molecule has 1 aromatic rings. The summed E-state index contributed by atoms with van der Waals surface area (Å²) in [6.45, 7) is 12.1. The van der Waals surface area contributed by atoms with Crippen molar-refractivity contribution >= 4 is 5.96 Å². The lowest BCUT2D eigenvalue weighted by atomic mass is 9.89. The number of ether oxygens (including phenoxy) is 2. The van der Waals surface area contributed by atoms with Crippen molar-refractivity contribution in [2.24, 2.45) is 10.4 Å². The Labute approximate surface area is 171 Å². The Morgan fingerprint density at radius 1 is 1.18 bits per heavy atom. The van der Waals surface area contributed by atoms with Crippen molar-refractivity contribution in [2.75, 3.05) is 20.3 Å². The Kier molecular flexibility index (Phi) is 9.26. The molecule has 1 atom stereocenters. The van der Waals surface area contributed by atoms with E-state index in [1.807, 2.05) is 7.05 Å². The predicted molar refractivity (Wildman–Crippen MR) is 117 cm³/mol. The van der Waals surface area contributed by atoms with E-state index in [2.05, 4.69) is 67.6 Å². The van der Waals surface area contributed by atoms with Crippen LogP contribution in [-0.2, 0) is 22.6 Å². The maximum absolute atomic E-state index is 5.99. The number of benzene rings is 1. The molecule has 5 heteroatoms. The van der Waals surface area contributed by atoms with Crippen molar-refractivity contribution in [1.29, 1.82) is 0 Å². The lowest BCUT2D eigenvalue weighted by Crippen LogP contribution is -2.42. The molecular formula is C23H39N3O2. The Balaban J connectivity index is 1.71. The maximum atomic E-state index is 5.99. The van der Waals surface area contributed by atoms with Gasteiger partial charge in [-0.05, 0) is 49.1 Å². The van der Waals surface area contributed by atoms with Crippen molar-refractivity contribution in [1.82, 2.24) is 10.6 Å². The molecule has 28 heavy (non-hydrogen) atoms. The SMILES string of the molecule is CN=C(NCc1ccc(COC2CCOCC2)cc1)NC(C)CCC(C)(C)C. The first-order valence-electron chi connectivity index (χ1n) is 10.6. The van der Waals surface area contributed by atoms with Crippen LogP contribution in [0.3, 0.4) is 0 Å². The van der Waals surface area contributed by atoms with Crippen molar-refractivity contribution in [3.8, 4) is 0 Å². The van der Waals surface area contributed by atoms with E-state index >= 15 is 0 Å². The van der Waals surface area contributed by atoms with Gasteiger partial charge in [0.05, 0.1) is 12.7 Å². The molecule has 0 radical (unpaired) electrons. The van der Waals surface area contributed by atoms with E-state index in [0.29, 0.717) is 24.2 Å². The average molecular weight is 390 g/mol. The van der Waals surface area contributed by atoms with Gasteiger partial charge < -0.3 is 20.1 Å². The summed E-state index contributed by atoms with van der Waals surface area (Å²) in [5.74, 6) is 0.855. The van der Waals surface area contributed by atoms with Gasteiger partial charge in [0, 0.05) is 32.8 Å². The number of nitrogens with one attached hydrogen (secondary N) is 2. The zero-order valence-electron chi connectivity index (χ0n) is 18.4. The highest BCUT2D eigenvalue weighted by Gasteiger charge is 2.14. The second kappa shape index (κ2) is 11.4. The van der Waals surface area contributed by atoms with Crippen LogP contribution in [0.5, 0.6) is 0 Å². The molecule has 0 saturated carbocycles. The fourth-order valence-corrected chi connectivity index (χ4v) is 3.15. The Hall–Kier alpha value is -1.59. The van der Waals surface area contributed by atoms with Crippen molar-refractivity contribution in [2.45, 2.75) is 78.7 Å². The smallest absolute Gasteiger partial charge is 0.191 e. The molecule has 158 valence electrons. The molecule has 1 heterocycles. The number of nitrogens with zero attached hydrogens (tertiary/aromatic N) is 1. The molecule has 2 rings (SSSR count). The van der Waals surface area contributed by atoms with Crippen molar-refractivity contribution < 1.29 is 9.47 Å². The number of hydrogen-bond donors (Lipinski definition) is 2. The topological polar surface area (TPSA) is 54.9 Å². The lowest BCUT2D eigenvalue weighted by molar-refractivity contribution is -0.0390. The molecule has 0 aliphatic carbocycles. The van der Waals surface area contributed by atoms with E-state index in [1.54, 1.807) is 0 Å². The van der Waals surface area contributed by atoms with Gasteiger partial charge >= 0.3 is 0 Å². The van der Waals surface area contributed by atoms with E-state index in [0.717, 1.165) is 45.0 Å². The van der Waals surface area contributed by atoms with Gasteiger partial charge in [0.1, 0.15) is 0 Å². The normalized spacial score (nSPS) is 17.4. The molecule has 1 unspecified atom stereocenters. The van der Waals surface area contributed by atoms with Gasteiger partial charge in [-0.25, -0.2) is 0 Å². The number of guanidine groups is 1. The summed E-state index contributed by atoms with van der Waals surface area (Å²) in [5.41, 5.74) is 2.82. The fourth-order valence-electron chi connectivity index (χ4n) is 3.15. The second-order valence-electron chi connectivity index (χ2n) is 9.01. The van der Waals surface area contributed by atoms with E-state index < -0.39 is 0 Å². The number of hydrogen-bond acceptors (Lipinski definition) is 3. The molecule has 0 bridgehead atoms. The van der Waals surface area contributed by atoms with Crippen LogP contribution in [0.25, 0.3) is 0 Å². The summed E-state index contributed by atoms with van der Waals surface area (Å²) < 4.78 is 11.4. The largest absolute Gasteiger partial charge is 0.381 e. The minimum absolute atomic E-state index is 0.338. The first kappa shape index (κ1) is 22.7. The Morgan fingerprint density at radius 2 is 1.82 bits per heavy atom. The van der Waals surface area contributed by atoms with Crippen LogP contribution >= 0.6 is 0 Å². The van der Waals surface area contributed by atoms with E-state index in [4.69, 9.17) is 9.47 Å². The summed E-state index contributed by atoms with van der Waals surface area (Å²) in [6, 6.07) is 9.02. The van der Waals surface area contributed by atoms with Crippen LogP contribution in [-0.4, -0.2) is 38.4 Å². The number of aliphatic imine (C=N–C) groups is 1. The fraction of sp³-hybridized carbons (Fsp3) is 0.696. The highest BCUT2D eigenvalue weighted by molar-refractivity contribution is 5.79. The molecule has 2 N–H and O–H groups in total. The van der Waals surface area contributed by atoms with E-state index in [1.165, 1.54) is 17.5 Å². The third-order valence-corrected chi connectivity index (χ3v) is 5.07. The van der Waals surface area contributed by atoms with E-state index in [9.17, 15) is 0 Å². The third-order valence-electron chi connectivity index (χ3n) is 5.07. The van der Waals surface area contributed by atoms with Crippen LogP contribution in [0.1, 0.15) is 64.5 Å². The summed E-state index contributed by atoms with van der Waals surface area (Å²) in [6.07, 6.45) is 4.66. The van der Waals surface area contributed by atoms with Crippen LogP contribution < -0.4 is 10.6 Å². The minimum atomic E-state index is 0.338. The maximum Gasteiger partial charge on any atom is 0.191 e. The van der Waals surface area contributed by atoms with Crippen molar-refractivity contribution in [3.63, 3.8) is 0 Å². The molecule has 0 aromatic heterocycles. The van der Waals surface area contributed by atoms with Gasteiger partial charge in [-0.2, -0.15) is 0 Å². The molecule has 5 nitrogen and oxygen atoms in total. The van der Waals surface area contributed by atoms with Gasteiger partial charge in [0.15, 0.2) is 5.96 Å². The summed E-state index contributed by atoms with van der Waals surface area (Å²) >= 11 is 0. The van der Waals surface area contributed by atoms with E-state index in [-0.39, 0.29) is 0 Å². The molecule has 1 aromatic carbocycles. The van der Waals surface area contributed by atoms with Gasteiger partial charge in [0.2, 0.25) is 0 Å². The Morgan fingerprint density at radius 3 is 2.43 bits per heavy atom. The first-order valence-corrected chi connectivity index (χ1v) is 10.6. The first-order chi connectivity index (χ1) is 13.4. The molecule has 1 saturated heterocycles. The minimum Gasteiger partial charge on any atom is -0.381 e. The monoisotopic (exact) mass is 389 g/mol. The van der Waals surface area contributed by atoms with Crippen LogP contribution in [0.4, 0.5) is 0 Å². The molecule has 0 spiro atoms. The highest BCUT2D eigenvalue weighted by Crippen LogP contribution is 2.21. The average Bonchev–Trinajstić information content (AvgIpc) is 2.69. The quantitative estimate of drug-likeness (QED) is 0.515. The second-order valence-corrected chi connectivity index (χ2v) is 9.01. The highest BCUT2D eigenvalue weighted by atomic mass is 16.5. The van der Waals surface area contributed by atoms with Crippen LogP contribution in [0, 0.1) is 5.41 Å². The summed E-state index contributed by atoms with van der Waals surface area (Å²) in [5, 5.41) is 6.90. The standard InChI is InChI=1S/C23H39N3O2/c1-18(10-13-23(2,3)4)26-22(24-5)25-16-19-6-8-20(9-7-19)17-28-21-11-14-27-15-12-21/h6-9,18,21H,10-17H2,1-5H3,(H2,24,25,26). The van der Waals surface area contributed by atoms with Crippen LogP contribution in [0.2, 0.25) is 0 Å². The number of rotatable bonds is 8. The van der Waals surface area contributed by atoms with Crippen LogP contribution in [0.15, 0.2) is 29.3 Å². The Bertz CT molecular complexity index is 587. The molecule has 1 aliphatic rings. The van der Waals surface area contributed by atoms with Gasteiger partial charge in [-0.3, -0.25) is 4.99 Å².